The number of pyridine rings is 1. The van der Waals surface area contributed by atoms with Gasteiger partial charge in [0.1, 0.15) is 12.4 Å². The van der Waals surface area contributed by atoms with Crippen LogP contribution in [-0.2, 0) is 16.6 Å². The SMILES string of the molecule is C=C/C(=C1\c2cc3cnn(C(C)C)c3cc2OCc2ncccc21)c1cccc(NS(C)(=O)=O)c1. The lowest BCUT2D eigenvalue weighted by Crippen LogP contribution is -2.09. The van der Waals surface area contributed by atoms with Crippen molar-refractivity contribution in [1.29, 1.82) is 0 Å². The quantitative estimate of drug-likeness (QED) is 0.407. The summed E-state index contributed by atoms with van der Waals surface area (Å²) in [6, 6.07) is 15.6. The molecule has 0 atom stereocenters. The van der Waals surface area contributed by atoms with Crippen LogP contribution in [0.25, 0.3) is 22.0 Å². The summed E-state index contributed by atoms with van der Waals surface area (Å²) in [6.07, 6.45) is 6.55. The minimum absolute atomic E-state index is 0.207. The molecule has 7 nitrogen and oxygen atoms in total. The number of nitrogens with one attached hydrogen (secondary N) is 1. The van der Waals surface area contributed by atoms with Gasteiger partial charge in [0.2, 0.25) is 10.0 Å². The van der Waals surface area contributed by atoms with Gasteiger partial charge in [0.05, 0.1) is 23.7 Å². The zero-order valence-corrected chi connectivity index (χ0v) is 20.6. The van der Waals surface area contributed by atoms with Gasteiger partial charge in [0, 0.05) is 46.1 Å². The first-order valence-electron chi connectivity index (χ1n) is 11.3. The van der Waals surface area contributed by atoms with Crippen LogP contribution in [0.2, 0.25) is 0 Å². The van der Waals surface area contributed by atoms with Crippen molar-refractivity contribution in [2.45, 2.75) is 26.5 Å². The van der Waals surface area contributed by atoms with E-state index in [-0.39, 0.29) is 6.04 Å². The first-order chi connectivity index (χ1) is 16.7. The number of anilines is 1. The Labute approximate surface area is 204 Å². The predicted molar refractivity (Wildman–Crippen MR) is 140 cm³/mol. The molecule has 1 aliphatic rings. The van der Waals surface area contributed by atoms with Gasteiger partial charge in [-0.2, -0.15) is 5.10 Å². The van der Waals surface area contributed by atoms with Crippen molar-refractivity contribution in [2.75, 3.05) is 11.0 Å². The van der Waals surface area contributed by atoms with Gasteiger partial charge in [0.25, 0.3) is 0 Å². The van der Waals surface area contributed by atoms with Crippen molar-refractivity contribution >= 4 is 37.8 Å². The van der Waals surface area contributed by atoms with Crippen LogP contribution in [-0.4, -0.2) is 29.4 Å². The fourth-order valence-corrected chi connectivity index (χ4v) is 5.05. The fourth-order valence-electron chi connectivity index (χ4n) is 4.49. The van der Waals surface area contributed by atoms with Gasteiger partial charge in [-0.1, -0.05) is 30.9 Å². The Kier molecular flexibility index (Phi) is 5.68. The largest absolute Gasteiger partial charge is 0.487 e. The summed E-state index contributed by atoms with van der Waals surface area (Å²) in [5.74, 6) is 0.734. The molecule has 0 aliphatic carbocycles. The lowest BCUT2D eigenvalue weighted by atomic mass is 9.88. The standard InChI is InChI=1S/C27H26N4O3S/c1-5-21(18-8-6-9-20(12-18)30-35(4,32)33)27-22-10-7-11-28-24(22)16-34-26-14-25-19(13-23(26)27)15-29-31(25)17(2)3/h5-15,17,30H,1,16H2,2-4H3/b27-21+. The summed E-state index contributed by atoms with van der Waals surface area (Å²) in [7, 11) is -3.41. The number of aromatic nitrogens is 3. The van der Waals surface area contributed by atoms with Crippen molar-refractivity contribution in [2.24, 2.45) is 0 Å². The molecule has 2 aromatic heterocycles. The van der Waals surface area contributed by atoms with Crippen molar-refractivity contribution in [1.82, 2.24) is 14.8 Å². The maximum absolute atomic E-state index is 11.8. The molecule has 4 aromatic rings. The third kappa shape index (κ3) is 4.33. The molecular formula is C27H26N4O3S. The minimum Gasteiger partial charge on any atom is -0.487 e. The molecular weight excluding hydrogens is 460 g/mol. The Morgan fingerprint density at radius 2 is 2.00 bits per heavy atom. The number of benzene rings is 2. The smallest absolute Gasteiger partial charge is 0.229 e. The number of allylic oxidation sites excluding steroid dienone is 2. The van der Waals surface area contributed by atoms with Crippen LogP contribution in [0.15, 0.2) is 73.6 Å². The molecule has 5 rings (SSSR count). The van der Waals surface area contributed by atoms with Crippen molar-refractivity contribution in [3.63, 3.8) is 0 Å². The maximum atomic E-state index is 11.8. The van der Waals surface area contributed by atoms with Gasteiger partial charge in [-0.15, -0.1) is 0 Å². The number of hydrogen-bond acceptors (Lipinski definition) is 5. The lowest BCUT2D eigenvalue weighted by molar-refractivity contribution is 0.302. The molecule has 0 amide bonds. The normalized spacial score (nSPS) is 14.6. The van der Waals surface area contributed by atoms with Crippen LogP contribution in [0.3, 0.4) is 0 Å². The van der Waals surface area contributed by atoms with E-state index < -0.39 is 10.0 Å². The monoisotopic (exact) mass is 486 g/mol. The molecule has 35 heavy (non-hydrogen) atoms. The van der Waals surface area contributed by atoms with E-state index in [1.807, 2.05) is 47.3 Å². The summed E-state index contributed by atoms with van der Waals surface area (Å²) >= 11 is 0. The third-order valence-electron chi connectivity index (χ3n) is 5.93. The third-order valence-corrected chi connectivity index (χ3v) is 6.54. The molecule has 3 heterocycles. The Hall–Kier alpha value is -3.91. The van der Waals surface area contributed by atoms with E-state index in [0.717, 1.165) is 56.4 Å². The second-order valence-corrected chi connectivity index (χ2v) is 10.6. The van der Waals surface area contributed by atoms with Gasteiger partial charge in [-0.25, -0.2) is 8.42 Å². The molecule has 1 aliphatic heterocycles. The second kappa shape index (κ2) is 8.70. The Morgan fingerprint density at radius 3 is 2.74 bits per heavy atom. The highest BCUT2D eigenvalue weighted by atomic mass is 32.2. The second-order valence-electron chi connectivity index (χ2n) is 8.82. The summed E-state index contributed by atoms with van der Waals surface area (Å²) in [4.78, 5) is 4.59. The van der Waals surface area contributed by atoms with Crippen LogP contribution < -0.4 is 9.46 Å². The fraction of sp³-hybridized carbons (Fsp3) is 0.185. The summed E-state index contributed by atoms with van der Waals surface area (Å²) < 4.78 is 34.5. The highest BCUT2D eigenvalue weighted by molar-refractivity contribution is 7.92. The molecule has 0 unspecified atom stereocenters. The lowest BCUT2D eigenvalue weighted by Gasteiger charge is -2.17. The Morgan fingerprint density at radius 1 is 1.17 bits per heavy atom. The molecule has 0 spiro atoms. The van der Waals surface area contributed by atoms with Gasteiger partial charge >= 0.3 is 0 Å². The first-order valence-corrected chi connectivity index (χ1v) is 13.2. The molecule has 1 N–H and O–H groups in total. The Balaban J connectivity index is 1.81. The van der Waals surface area contributed by atoms with E-state index in [1.165, 1.54) is 0 Å². The molecule has 178 valence electrons. The number of fused-ring (bicyclic) bond motifs is 3. The van der Waals surface area contributed by atoms with E-state index in [1.54, 1.807) is 18.3 Å². The molecule has 0 saturated heterocycles. The maximum Gasteiger partial charge on any atom is 0.229 e. The van der Waals surface area contributed by atoms with Crippen LogP contribution in [0.4, 0.5) is 5.69 Å². The Bertz CT molecular complexity index is 1600. The van der Waals surface area contributed by atoms with E-state index in [2.05, 4.69) is 41.3 Å². The topological polar surface area (TPSA) is 86.1 Å². The van der Waals surface area contributed by atoms with Crippen molar-refractivity contribution in [3.05, 3.63) is 96.0 Å². The van der Waals surface area contributed by atoms with E-state index in [9.17, 15) is 8.42 Å². The van der Waals surface area contributed by atoms with Gasteiger partial charge in [-0.05, 0) is 49.2 Å². The van der Waals surface area contributed by atoms with Gasteiger partial charge in [-0.3, -0.25) is 14.4 Å². The number of nitrogens with zero attached hydrogens (tertiary/aromatic N) is 3. The van der Waals surface area contributed by atoms with Crippen LogP contribution in [0.1, 0.15) is 42.3 Å². The highest BCUT2D eigenvalue weighted by Crippen LogP contribution is 2.43. The zero-order chi connectivity index (χ0) is 24.7. The van der Waals surface area contributed by atoms with Crippen molar-refractivity contribution in [3.8, 4) is 5.75 Å². The minimum atomic E-state index is -3.41. The molecule has 0 radical (unpaired) electrons. The average molecular weight is 487 g/mol. The van der Waals surface area contributed by atoms with Crippen LogP contribution >= 0.6 is 0 Å². The average Bonchev–Trinajstić information content (AvgIpc) is 3.16. The summed E-state index contributed by atoms with van der Waals surface area (Å²) in [5.41, 5.74) is 6.74. The molecule has 8 heteroatoms. The number of sulfonamides is 1. The number of ether oxygens (including phenoxy) is 1. The summed E-state index contributed by atoms with van der Waals surface area (Å²) in [6.45, 7) is 8.63. The van der Waals surface area contributed by atoms with Crippen molar-refractivity contribution < 1.29 is 13.2 Å². The summed E-state index contributed by atoms with van der Waals surface area (Å²) in [5, 5.41) is 5.58. The van der Waals surface area contributed by atoms with Crippen LogP contribution in [0.5, 0.6) is 5.75 Å². The number of rotatable bonds is 5. The zero-order valence-electron chi connectivity index (χ0n) is 19.8. The highest BCUT2D eigenvalue weighted by Gasteiger charge is 2.25. The van der Waals surface area contributed by atoms with Gasteiger partial charge in [0.15, 0.2) is 0 Å². The molecule has 0 saturated carbocycles. The predicted octanol–water partition coefficient (Wildman–Crippen LogP) is 5.42. The van der Waals surface area contributed by atoms with Gasteiger partial charge < -0.3 is 4.74 Å². The van der Waals surface area contributed by atoms with E-state index in [4.69, 9.17) is 4.74 Å². The van der Waals surface area contributed by atoms with E-state index in [0.29, 0.717) is 12.3 Å². The van der Waals surface area contributed by atoms with Crippen LogP contribution in [0, 0.1) is 0 Å². The first kappa shape index (κ1) is 22.9. The van der Waals surface area contributed by atoms with E-state index >= 15 is 0 Å². The number of hydrogen-bond donors (Lipinski definition) is 1. The molecule has 0 fully saturated rings. The molecule has 2 aromatic carbocycles. The molecule has 0 bridgehead atoms.